The normalized spacial score (nSPS) is 11.0. The molecule has 0 radical (unpaired) electrons. The van der Waals surface area contributed by atoms with E-state index in [9.17, 15) is 9.59 Å². The van der Waals surface area contributed by atoms with Crippen LogP contribution < -0.4 is 10.4 Å². The highest BCUT2D eigenvalue weighted by Crippen LogP contribution is 2.20. The Morgan fingerprint density at radius 2 is 1.83 bits per heavy atom. The smallest absolute Gasteiger partial charge is 0.347 e. The largest absolute Gasteiger partial charge is 0.426 e. The van der Waals surface area contributed by atoms with Gasteiger partial charge in [0.1, 0.15) is 5.75 Å². The van der Waals surface area contributed by atoms with Gasteiger partial charge in [0, 0.05) is 18.6 Å². The van der Waals surface area contributed by atoms with Gasteiger partial charge >= 0.3 is 11.6 Å². The van der Waals surface area contributed by atoms with Gasteiger partial charge in [-0.05, 0) is 24.3 Å². The lowest BCUT2D eigenvalue weighted by atomic mass is 10.2. The molecule has 5 nitrogen and oxygen atoms in total. The lowest BCUT2D eigenvalue weighted by Crippen LogP contribution is -2.03. The van der Waals surface area contributed by atoms with Gasteiger partial charge < -0.3 is 9.15 Å². The first-order valence-electron chi connectivity index (χ1n) is 6.99. The predicted octanol–water partition coefficient (Wildman–Crippen LogP) is 3.28. The molecule has 1 heterocycles. The monoisotopic (exact) mass is 307 g/mol. The zero-order valence-corrected chi connectivity index (χ0v) is 12.4. The fraction of sp³-hybridized carbons (Fsp3) is 0.0556. The number of ether oxygens (including phenoxy) is 1. The molecule has 0 unspecified atom stereocenters. The maximum atomic E-state index is 11.9. The number of hydrogen-bond donors (Lipinski definition) is 0. The third-order valence-corrected chi connectivity index (χ3v) is 3.13. The summed E-state index contributed by atoms with van der Waals surface area (Å²) in [6, 6.07) is 14.0. The van der Waals surface area contributed by atoms with Crippen LogP contribution in [0.4, 0.5) is 0 Å². The van der Waals surface area contributed by atoms with Crippen LogP contribution in [0.5, 0.6) is 5.75 Å². The molecule has 0 saturated heterocycles. The molecule has 0 bridgehead atoms. The van der Waals surface area contributed by atoms with Gasteiger partial charge in [-0.25, -0.2) is 9.78 Å². The minimum absolute atomic E-state index is 0.186. The van der Waals surface area contributed by atoms with Crippen molar-refractivity contribution in [2.24, 2.45) is 0 Å². The molecular formula is C18H13NO4. The van der Waals surface area contributed by atoms with Gasteiger partial charge in [0.15, 0.2) is 0 Å². The molecular weight excluding hydrogens is 294 g/mol. The summed E-state index contributed by atoms with van der Waals surface area (Å²) in [5, 5.41) is 0.435. The van der Waals surface area contributed by atoms with Gasteiger partial charge in [-0.15, -0.1) is 0 Å². The van der Waals surface area contributed by atoms with Crippen molar-refractivity contribution in [3.05, 3.63) is 70.4 Å². The predicted molar refractivity (Wildman–Crippen MR) is 87.0 cm³/mol. The zero-order chi connectivity index (χ0) is 16.2. The third kappa shape index (κ3) is 3.35. The van der Waals surface area contributed by atoms with Crippen LogP contribution in [0.25, 0.3) is 23.1 Å². The molecule has 114 valence electrons. The minimum atomic E-state index is -0.441. The lowest BCUT2D eigenvalue weighted by Gasteiger charge is -2.04. The number of benzene rings is 2. The average molecular weight is 307 g/mol. The van der Waals surface area contributed by atoms with Gasteiger partial charge in [0.05, 0.1) is 10.9 Å². The molecule has 0 aliphatic rings. The Morgan fingerprint density at radius 1 is 1.09 bits per heavy atom. The van der Waals surface area contributed by atoms with Crippen LogP contribution in [-0.2, 0) is 4.79 Å². The molecule has 5 heteroatoms. The van der Waals surface area contributed by atoms with Crippen molar-refractivity contribution in [1.29, 1.82) is 0 Å². The summed E-state index contributed by atoms with van der Waals surface area (Å²) in [4.78, 5) is 27.3. The fourth-order valence-corrected chi connectivity index (χ4v) is 2.13. The van der Waals surface area contributed by atoms with E-state index in [-0.39, 0.29) is 5.89 Å². The summed E-state index contributed by atoms with van der Waals surface area (Å²) in [6.07, 6.45) is 3.24. The van der Waals surface area contributed by atoms with Crippen molar-refractivity contribution in [2.45, 2.75) is 6.92 Å². The first kappa shape index (κ1) is 14.7. The summed E-state index contributed by atoms with van der Waals surface area (Å²) in [5.41, 5.74) is 0.806. The van der Waals surface area contributed by atoms with Crippen molar-refractivity contribution < 1.29 is 13.9 Å². The average Bonchev–Trinajstić information content (AvgIpc) is 2.54. The van der Waals surface area contributed by atoms with E-state index in [1.54, 1.807) is 54.6 Å². The fourth-order valence-electron chi connectivity index (χ4n) is 2.13. The highest BCUT2D eigenvalue weighted by molar-refractivity contribution is 5.79. The lowest BCUT2D eigenvalue weighted by molar-refractivity contribution is -0.131. The van der Waals surface area contributed by atoms with E-state index in [0.29, 0.717) is 22.2 Å². The molecule has 0 amide bonds. The second kappa shape index (κ2) is 6.27. The molecule has 0 N–H and O–H groups in total. The second-order valence-corrected chi connectivity index (χ2v) is 4.82. The number of fused-ring (bicyclic) bond motifs is 1. The first-order valence-corrected chi connectivity index (χ1v) is 6.99. The summed E-state index contributed by atoms with van der Waals surface area (Å²) >= 11 is 0. The maximum absolute atomic E-state index is 11.9. The van der Waals surface area contributed by atoms with Crippen LogP contribution in [0, 0.1) is 0 Å². The molecule has 0 aliphatic heterocycles. The molecule has 3 aromatic rings. The molecule has 0 aliphatic carbocycles. The van der Waals surface area contributed by atoms with Crippen LogP contribution >= 0.6 is 0 Å². The van der Waals surface area contributed by atoms with E-state index in [1.165, 1.54) is 6.92 Å². The summed E-state index contributed by atoms with van der Waals surface area (Å²) < 4.78 is 10.3. The number of nitrogens with zero attached hydrogens (tertiary/aromatic N) is 1. The summed E-state index contributed by atoms with van der Waals surface area (Å²) in [6.45, 7) is 1.34. The number of carbonyl (C=O) groups is 1. The zero-order valence-electron chi connectivity index (χ0n) is 12.4. The third-order valence-electron chi connectivity index (χ3n) is 3.13. The topological polar surface area (TPSA) is 69.4 Å². The number of rotatable bonds is 3. The van der Waals surface area contributed by atoms with Gasteiger partial charge in [-0.3, -0.25) is 4.79 Å². The molecule has 0 fully saturated rings. The molecule has 3 rings (SSSR count). The minimum Gasteiger partial charge on any atom is -0.426 e. The second-order valence-electron chi connectivity index (χ2n) is 4.82. The van der Waals surface area contributed by atoms with Crippen molar-refractivity contribution in [3.63, 3.8) is 0 Å². The molecule has 23 heavy (non-hydrogen) atoms. The highest BCUT2D eigenvalue weighted by Gasteiger charge is 2.05. The van der Waals surface area contributed by atoms with Crippen LogP contribution in [0.3, 0.4) is 0 Å². The number of para-hydroxylation sites is 2. The Kier molecular flexibility index (Phi) is 4.01. The van der Waals surface area contributed by atoms with E-state index in [0.717, 1.165) is 0 Å². The van der Waals surface area contributed by atoms with Crippen LogP contribution in [0.2, 0.25) is 0 Å². The number of hydrogen-bond acceptors (Lipinski definition) is 5. The van der Waals surface area contributed by atoms with Gasteiger partial charge in [0.2, 0.25) is 5.89 Å². The Labute approximate surface area is 131 Å². The number of carbonyl (C=O) groups excluding carboxylic acids is 1. The standard InChI is InChI=1S/C18H13NO4/c1-12(20)22-16-9-5-2-6-13(16)10-11-17-19-15-8-4-3-7-14(15)18(21)23-17/h2-11H,1H3/b11-10+. The molecule has 0 atom stereocenters. The van der Waals surface area contributed by atoms with E-state index in [1.807, 2.05) is 6.07 Å². The SMILES string of the molecule is CC(=O)Oc1ccccc1/C=C/c1nc2ccccc2c(=O)o1. The Hall–Kier alpha value is -3.21. The Morgan fingerprint density at radius 3 is 2.65 bits per heavy atom. The van der Waals surface area contributed by atoms with Crippen molar-refractivity contribution in [3.8, 4) is 5.75 Å². The van der Waals surface area contributed by atoms with E-state index in [4.69, 9.17) is 9.15 Å². The van der Waals surface area contributed by atoms with Gasteiger partial charge in [0.25, 0.3) is 0 Å². The Bertz CT molecular complexity index is 956. The molecule has 0 spiro atoms. The van der Waals surface area contributed by atoms with Crippen LogP contribution in [0.1, 0.15) is 18.4 Å². The Balaban J connectivity index is 1.98. The molecule has 0 saturated carbocycles. The van der Waals surface area contributed by atoms with Crippen LogP contribution in [-0.4, -0.2) is 11.0 Å². The van der Waals surface area contributed by atoms with E-state index < -0.39 is 11.6 Å². The molecule has 1 aromatic heterocycles. The number of esters is 1. The quantitative estimate of drug-likeness (QED) is 0.548. The van der Waals surface area contributed by atoms with Gasteiger partial charge in [-0.1, -0.05) is 30.3 Å². The summed E-state index contributed by atoms with van der Waals surface area (Å²) in [5.74, 6) is 0.215. The number of aromatic nitrogens is 1. The van der Waals surface area contributed by atoms with Crippen molar-refractivity contribution in [2.75, 3.05) is 0 Å². The van der Waals surface area contributed by atoms with E-state index >= 15 is 0 Å². The first-order chi connectivity index (χ1) is 11.1. The van der Waals surface area contributed by atoms with Crippen molar-refractivity contribution in [1.82, 2.24) is 4.98 Å². The van der Waals surface area contributed by atoms with E-state index in [2.05, 4.69) is 4.98 Å². The van der Waals surface area contributed by atoms with Gasteiger partial charge in [-0.2, -0.15) is 0 Å². The molecule has 2 aromatic carbocycles. The van der Waals surface area contributed by atoms with Crippen LogP contribution in [0.15, 0.2) is 57.7 Å². The highest BCUT2D eigenvalue weighted by atomic mass is 16.5. The van der Waals surface area contributed by atoms with Crippen molar-refractivity contribution >= 4 is 29.0 Å². The maximum Gasteiger partial charge on any atom is 0.347 e. The summed E-state index contributed by atoms with van der Waals surface area (Å²) in [7, 11) is 0.